The molecule has 50 heavy (non-hydrogen) atoms. The van der Waals surface area contributed by atoms with E-state index in [-0.39, 0.29) is 0 Å². The first-order chi connectivity index (χ1) is 24.8. The van der Waals surface area contributed by atoms with Crippen molar-refractivity contribution in [1.29, 1.82) is 0 Å². The van der Waals surface area contributed by atoms with Crippen LogP contribution in [0.25, 0.3) is 16.7 Å². The summed E-state index contributed by atoms with van der Waals surface area (Å²) in [7, 11) is 0. The lowest BCUT2D eigenvalue weighted by Gasteiger charge is -2.31. The van der Waals surface area contributed by atoms with Gasteiger partial charge in [-0.3, -0.25) is 0 Å². The average Bonchev–Trinajstić information content (AvgIpc) is 3.59. The van der Waals surface area contributed by atoms with Crippen molar-refractivity contribution in [2.75, 3.05) is 4.90 Å². The first-order valence-corrected chi connectivity index (χ1v) is 18.7. The van der Waals surface area contributed by atoms with E-state index in [1.807, 2.05) is 11.8 Å². The Bertz CT molecular complexity index is 2220. The van der Waals surface area contributed by atoms with Gasteiger partial charge in [-0.1, -0.05) is 157 Å². The van der Waals surface area contributed by atoms with Crippen molar-refractivity contribution in [2.24, 2.45) is 5.92 Å². The van der Waals surface area contributed by atoms with E-state index in [0.717, 1.165) is 30.6 Å². The van der Waals surface area contributed by atoms with Crippen LogP contribution in [0.2, 0.25) is 0 Å². The van der Waals surface area contributed by atoms with Crippen LogP contribution in [0.15, 0.2) is 203 Å². The van der Waals surface area contributed by atoms with Crippen LogP contribution in [-0.4, -0.2) is 0 Å². The normalized spacial score (nSPS) is 20.6. The molecule has 3 aliphatic carbocycles. The number of allylic oxidation sites excluding steroid dienone is 11. The topological polar surface area (TPSA) is 3.24 Å². The second-order valence-electron chi connectivity index (χ2n) is 13.5. The molecule has 0 saturated carbocycles. The Balaban J connectivity index is 1.08. The molecule has 0 spiro atoms. The Morgan fingerprint density at radius 2 is 1.36 bits per heavy atom. The highest BCUT2D eigenvalue weighted by Gasteiger charge is 2.38. The summed E-state index contributed by atoms with van der Waals surface area (Å²) in [5.41, 5.74) is 12.9. The third-order valence-corrected chi connectivity index (χ3v) is 11.8. The summed E-state index contributed by atoms with van der Waals surface area (Å²) in [5, 5.41) is 0. The summed E-state index contributed by atoms with van der Waals surface area (Å²) >= 11 is 1.97. The minimum atomic E-state index is 0.359. The van der Waals surface area contributed by atoms with Gasteiger partial charge in [0.25, 0.3) is 0 Å². The summed E-state index contributed by atoms with van der Waals surface area (Å²) in [6.45, 7) is 0. The SMILES string of the molecule is C1=CC(C2C=CC(c3ccc(N(C4=CCC(c5ccccc5)C=C4)c4cccc(-c5ccccc5)c4)cc3)=C3Sc4ccccc4C32)=CCC1. The van der Waals surface area contributed by atoms with Crippen LogP contribution in [0, 0.1) is 5.92 Å². The lowest BCUT2D eigenvalue weighted by Crippen LogP contribution is -2.17. The third-order valence-electron chi connectivity index (χ3n) is 10.5. The van der Waals surface area contributed by atoms with E-state index in [9.17, 15) is 0 Å². The van der Waals surface area contributed by atoms with Crippen molar-refractivity contribution < 1.29 is 0 Å². The molecule has 3 unspecified atom stereocenters. The predicted molar refractivity (Wildman–Crippen MR) is 213 cm³/mol. The monoisotopic (exact) mass is 661 g/mol. The molecule has 4 aliphatic rings. The van der Waals surface area contributed by atoms with Gasteiger partial charge in [-0.2, -0.15) is 0 Å². The number of anilines is 2. The van der Waals surface area contributed by atoms with Crippen molar-refractivity contribution in [2.45, 2.75) is 36.0 Å². The molecule has 3 atom stereocenters. The quantitative estimate of drug-likeness (QED) is 0.171. The molecular weight excluding hydrogens is 623 g/mol. The number of rotatable bonds is 7. The lowest BCUT2D eigenvalue weighted by atomic mass is 9.75. The third kappa shape index (κ3) is 5.84. The number of thioether (sulfide) groups is 1. The first-order valence-electron chi connectivity index (χ1n) is 17.9. The molecule has 0 N–H and O–H groups in total. The Labute approximate surface area is 300 Å². The van der Waals surface area contributed by atoms with E-state index in [1.54, 1.807) is 0 Å². The van der Waals surface area contributed by atoms with Crippen molar-refractivity contribution in [3.8, 4) is 11.1 Å². The Morgan fingerprint density at radius 3 is 2.14 bits per heavy atom. The van der Waals surface area contributed by atoms with Gasteiger partial charge in [0.1, 0.15) is 0 Å². The maximum Gasteiger partial charge on any atom is 0.0467 e. The number of hydrogen-bond donors (Lipinski definition) is 0. The van der Waals surface area contributed by atoms with Gasteiger partial charge in [0.2, 0.25) is 0 Å². The molecule has 0 fully saturated rings. The first kappa shape index (κ1) is 30.7. The summed E-state index contributed by atoms with van der Waals surface area (Å²) in [5.74, 6) is 1.12. The van der Waals surface area contributed by atoms with Gasteiger partial charge in [0.15, 0.2) is 0 Å². The highest BCUT2D eigenvalue weighted by atomic mass is 32.2. The standard InChI is InChI=1S/C48H39NS/c1-4-13-34(14-5-1)36-23-27-40(28-24-36)49(42-20-12-19-39(33-42)35-15-6-2-7-16-35)41-29-25-38(26-30-41)44-32-31-43(37-17-8-3-9-18-37)47-45-21-10-11-22-46(45)50-48(44)47/h1-2,4-8,10-23,25-33,36,43,47H,3,9,24H2. The van der Waals surface area contributed by atoms with Crippen molar-refractivity contribution in [1.82, 2.24) is 0 Å². The molecule has 1 aliphatic heterocycles. The zero-order valence-electron chi connectivity index (χ0n) is 28.0. The lowest BCUT2D eigenvalue weighted by molar-refractivity contribution is 0.661. The van der Waals surface area contributed by atoms with Gasteiger partial charge in [0.05, 0.1) is 0 Å². The predicted octanol–water partition coefficient (Wildman–Crippen LogP) is 13.2. The fourth-order valence-electron chi connectivity index (χ4n) is 7.96. The van der Waals surface area contributed by atoms with Crippen molar-refractivity contribution in [3.05, 3.63) is 215 Å². The van der Waals surface area contributed by atoms with Crippen LogP contribution in [0.3, 0.4) is 0 Å². The van der Waals surface area contributed by atoms with Gasteiger partial charge in [0, 0.05) is 44.6 Å². The van der Waals surface area contributed by atoms with Crippen LogP contribution < -0.4 is 4.90 Å². The average molecular weight is 662 g/mol. The highest BCUT2D eigenvalue weighted by Crippen LogP contribution is 2.58. The molecule has 0 amide bonds. The van der Waals surface area contributed by atoms with Crippen LogP contribution in [0.4, 0.5) is 11.4 Å². The molecule has 242 valence electrons. The van der Waals surface area contributed by atoms with Gasteiger partial charge in [-0.25, -0.2) is 0 Å². The van der Waals surface area contributed by atoms with Crippen molar-refractivity contribution >= 4 is 28.7 Å². The summed E-state index contributed by atoms with van der Waals surface area (Å²) in [6.07, 6.45) is 22.3. The second kappa shape index (κ2) is 13.5. The highest BCUT2D eigenvalue weighted by molar-refractivity contribution is 8.03. The number of benzene rings is 5. The van der Waals surface area contributed by atoms with Gasteiger partial charge < -0.3 is 4.90 Å². The molecule has 0 aromatic heterocycles. The molecule has 0 radical (unpaired) electrons. The molecule has 1 nitrogen and oxygen atoms in total. The minimum absolute atomic E-state index is 0.359. The molecule has 2 heteroatoms. The zero-order chi connectivity index (χ0) is 33.3. The second-order valence-corrected chi connectivity index (χ2v) is 14.6. The molecular formula is C48H39NS. The van der Waals surface area contributed by atoms with E-state index in [1.165, 1.54) is 54.5 Å². The van der Waals surface area contributed by atoms with Gasteiger partial charge in [-0.05, 0) is 94.6 Å². The maximum atomic E-state index is 2.46. The molecule has 5 aromatic carbocycles. The van der Waals surface area contributed by atoms with Crippen LogP contribution in [0.1, 0.15) is 47.8 Å². The molecule has 1 heterocycles. The van der Waals surface area contributed by atoms with E-state index in [4.69, 9.17) is 0 Å². The number of nitrogens with zero attached hydrogens (tertiary/aromatic N) is 1. The zero-order valence-corrected chi connectivity index (χ0v) is 28.8. The van der Waals surface area contributed by atoms with Crippen LogP contribution >= 0.6 is 11.8 Å². The Hall–Kier alpha value is -5.31. The Kier molecular flexibility index (Phi) is 8.32. The number of hydrogen-bond acceptors (Lipinski definition) is 2. The van der Waals surface area contributed by atoms with E-state index in [0.29, 0.717) is 17.8 Å². The van der Waals surface area contributed by atoms with Gasteiger partial charge >= 0.3 is 0 Å². The molecule has 5 aromatic rings. The fraction of sp³-hybridized carbons (Fsp3) is 0.125. The summed E-state index contributed by atoms with van der Waals surface area (Å²) in [6, 6.07) is 48.8. The van der Waals surface area contributed by atoms with E-state index in [2.05, 4.69) is 187 Å². The van der Waals surface area contributed by atoms with Crippen molar-refractivity contribution in [3.63, 3.8) is 0 Å². The molecule has 0 saturated heterocycles. The number of fused-ring (bicyclic) bond motifs is 3. The fourth-order valence-corrected chi connectivity index (χ4v) is 9.36. The van der Waals surface area contributed by atoms with Gasteiger partial charge in [-0.15, -0.1) is 0 Å². The van der Waals surface area contributed by atoms with E-state index >= 15 is 0 Å². The van der Waals surface area contributed by atoms with Crippen LogP contribution in [-0.2, 0) is 0 Å². The summed E-state index contributed by atoms with van der Waals surface area (Å²) < 4.78 is 0. The largest absolute Gasteiger partial charge is 0.311 e. The van der Waals surface area contributed by atoms with Crippen LogP contribution in [0.5, 0.6) is 0 Å². The molecule has 9 rings (SSSR count). The van der Waals surface area contributed by atoms with E-state index < -0.39 is 0 Å². The summed E-state index contributed by atoms with van der Waals surface area (Å²) in [4.78, 5) is 5.29. The minimum Gasteiger partial charge on any atom is -0.311 e. The Morgan fingerprint density at radius 1 is 0.580 bits per heavy atom. The maximum absolute atomic E-state index is 2.46. The smallest absolute Gasteiger partial charge is 0.0467 e. The molecule has 0 bridgehead atoms.